The zero-order chi connectivity index (χ0) is 16.8. The molecule has 0 saturated heterocycles. The van der Waals surface area contributed by atoms with Gasteiger partial charge in [-0.3, -0.25) is 4.99 Å². The summed E-state index contributed by atoms with van der Waals surface area (Å²) in [5.74, 6) is 0. The summed E-state index contributed by atoms with van der Waals surface area (Å²) in [7, 11) is 1.77. The molecule has 1 unspecified atom stereocenters. The van der Waals surface area contributed by atoms with Crippen LogP contribution in [0.2, 0.25) is 0 Å². The first-order chi connectivity index (χ1) is 11.8. The average molecular weight is 322 g/mol. The van der Waals surface area contributed by atoms with Crippen molar-refractivity contribution < 1.29 is 9.53 Å². The molecule has 1 saturated carbocycles. The van der Waals surface area contributed by atoms with Gasteiger partial charge in [0.1, 0.15) is 6.10 Å². The summed E-state index contributed by atoms with van der Waals surface area (Å²) in [6.07, 6.45) is 3.35. The molecular formula is C20H22N2O2. The molecule has 1 amide bonds. The van der Waals surface area contributed by atoms with Crippen LogP contribution in [-0.4, -0.2) is 25.0 Å². The van der Waals surface area contributed by atoms with Crippen molar-refractivity contribution in [3.8, 4) is 0 Å². The van der Waals surface area contributed by atoms with Gasteiger partial charge in [-0.2, -0.15) is 0 Å². The van der Waals surface area contributed by atoms with Crippen LogP contribution in [0.15, 0.2) is 65.7 Å². The first-order valence-corrected chi connectivity index (χ1v) is 8.36. The highest BCUT2D eigenvalue weighted by Gasteiger charge is 2.27. The average Bonchev–Trinajstić information content (AvgIpc) is 2.64. The van der Waals surface area contributed by atoms with E-state index >= 15 is 0 Å². The molecular weight excluding hydrogens is 300 g/mol. The van der Waals surface area contributed by atoms with Gasteiger partial charge in [-0.15, -0.1) is 0 Å². The van der Waals surface area contributed by atoms with Crippen molar-refractivity contribution in [2.75, 3.05) is 11.9 Å². The molecule has 0 heterocycles. The second-order valence-corrected chi connectivity index (χ2v) is 5.84. The lowest BCUT2D eigenvalue weighted by molar-refractivity contribution is 0.127. The molecule has 4 nitrogen and oxygen atoms in total. The van der Waals surface area contributed by atoms with E-state index < -0.39 is 0 Å². The highest BCUT2D eigenvalue weighted by Crippen LogP contribution is 2.27. The van der Waals surface area contributed by atoms with Crippen LogP contribution in [0.25, 0.3) is 0 Å². The van der Waals surface area contributed by atoms with Crippen molar-refractivity contribution in [1.29, 1.82) is 0 Å². The zero-order valence-corrected chi connectivity index (χ0v) is 13.9. The van der Waals surface area contributed by atoms with E-state index in [1.54, 1.807) is 11.9 Å². The van der Waals surface area contributed by atoms with Gasteiger partial charge in [0.15, 0.2) is 0 Å². The molecule has 0 bridgehead atoms. The number of benzene rings is 2. The molecule has 0 aliphatic heterocycles. The molecule has 1 aliphatic rings. The Bertz CT molecular complexity index is 659. The minimum absolute atomic E-state index is 0.217. The number of rotatable bonds is 3. The number of carbonyl (C=O) groups excluding carboxylic acids is 1. The maximum atomic E-state index is 12.9. The van der Waals surface area contributed by atoms with Crippen molar-refractivity contribution in [2.24, 2.45) is 4.99 Å². The number of hydrogen-bond acceptors (Lipinski definition) is 3. The van der Waals surface area contributed by atoms with Gasteiger partial charge >= 0.3 is 6.09 Å². The third-order valence-electron chi connectivity index (χ3n) is 4.26. The Kier molecular flexibility index (Phi) is 5.26. The molecule has 4 heteroatoms. The lowest BCUT2D eigenvalue weighted by atomic mass is 9.95. The summed E-state index contributed by atoms with van der Waals surface area (Å²) in [5, 5.41) is 0. The van der Waals surface area contributed by atoms with Gasteiger partial charge < -0.3 is 4.74 Å². The van der Waals surface area contributed by atoms with Gasteiger partial charge in [0, 0.05) is 7.05 Å². The number of anilines is 2. The summed E-state index contributed by atoms with van der Waals surface area (Å²) in [4.78, 5) is 18.8. The number of hydrogen-bond donors (Lipinski definition) is 0. The predicted octanol–water partition coefficient (Wildman–Crippen LogP) is 4.97. The van der Waals surface area contributed by atoms with Gasteiger partial charge in [-0.1, -0.05) is 36.4 Å². The molecule has 0 radical (unpaired) electrons. The summed E-state index contributed by atoms with van der Waals surface area (Å²) in [6.45, 7) is 0. The molecule has 1 aliphatic carbocycles. The summed E-state index contributed by atoms with van der Waals surface area (Å²) in [6, 6.07) is 19.1. The van der Waals surface area contributed by atoms with E-state index in [2.05, 4.69) is 4.99 Å². The molecule has 124 valence electrons. The molecule has 2 aromatic rings. The van der Waals surface area contributed by atoms with E-state index in [1.807, 2.05) is 60.7 Å². The maximum Gasteiger partial charge on any atom is 0.419 e. The monoisotopic (exact) mass is 322 g/mol. The number of nitrogens with zero attached hydrogens (tertiary/aromatic N) is 2. The van der Waals surface area contributed by atoms with E-state index in [1.165, 1.54) is 0 Å². The maximum absolute atomic E-state index is 12.9. The third-order valence-corrected chi connectivity index (χ3v) is 4.26. The van der Waals surface area contributed by atoms with Crippen molar-refractivity contribution in [1.82, 2.24) is 0 Å². The second-order valence-electron chi connectivity index (χ2n) is 5.84. The minimum Gasteiger partial charge on any atom is -0.439 e. The van der Waals surface area contributed by atoms with Gasteiger partial charge in [0.25, 0.3) is 0 Å². The number of aliphatic imine (C=N–C) groups is 1. The smallest absolute Gasteiger partial charge is 0.419 e. The fourth-order valence-electron chi connectivity index (χ4n) is 3.03. The van der Waals surface area contributed by atoms with Gasteiger partial charge in [-0.25, -0.2) is 9.69 Å². The van der Waals surface area contributed by atoms with Crippen LogP contribution in [0.5, 0.6) is 0 Å². The number of carbonyl (C=O) groups is 1. The van der Waals surface area contributed by atoms with Crippen LogP contribution in [0.4, 0.5) is 16.2 Å². The molecule has 0 spiro atoms. The van der Waals surface area contributed by atoms with Crippen molar-refractivity contribution in [3.05, 3.63) is 60.7 Å². The zero-order valence-electron chi connectivity index (χ0n) is 13.9. The third kappa shape index (κ3) is 3.65. The van der Waals surface area contributed by atoms with Crippen LogP contribution in [-0.2, 0) is 4.74 Å². The van der Waals surface area contributed by atoms with Gasteiger partial charge in [0.2, 0.25) is 0 Å². The summed E-state index contributed by atoms with van der Waals surface area (Å²) < 4.78 is 5.82. The van der Waals surface area contributed by atoms with Gasteiger partial charge in [0.05, 0.1) is 17.1 Å². The SMILES string of the molecule is CN=C1CCCCC1OC(=O)N(c1ccccc1)c1ccccc1. The van der Waals surface area contributed by atoms with Crippen LogP contribution in [0.1, 0.15) is 25.7 Å². The lowest BCUT2D eigenvalue weighted by Gasteiger charge is -2.28. The Morgan fingerprint density at radius 1 is 1.00 bits per heavy atom. The predicted molar refractivity (Wildman–Crippen MR) is 97.1 cm³/mol. The first kappa shape index (κ1) is 16.2. The first-order valence-electron chi connectivity index (χ1n) is 8.36. The van der Waals surface area contributed by atoms with Crippen molar-refractivity contribution >= 4 is 23.2 Å². The van der Waals surface area contributed by atoms with Gasteiger partial charge in [-0.05, 0) is 49.9 Å². The van der Waals surface area contributed by atoms with Crippen LogP contribution in [0.3, 0.4) is 0 Å². The fourth-order valence-corrected chi connectivity index (χ4v) is 3.03. The van der Waals surface area contributed by atoms with E-state index in [4.69, 9.17) is 4.74 Å². The lowest BCUT2D eigenvalue weighted by Crippen LogP contribution is -2.36. The summed E-state index contributed by atoms with van der Waals surface area (Å²) in [5.41, 5.74) is 2.56. The normalized spacial score (nSPS) is 19.0. The molecule has 3 rings (SSSR count). The van der Waals surface area contributed by atoms with E-state index in [0.717, 1.165) is 42.8 Å². The number of ether oxygens (including phenoxy) is 1. The Labute approximate surface area is 142 Å². The molecule has 1 atom stereocenters. The second kappa shape index (κ2) is 7.77. The molecule has 2 aromatic carbocycles. The summed E-state index contributed by atoms with van der Waals surface area (Å²) >= 11 is 0. The van der Waals surface area contributed by atoms with Crippen molar-refractivity contribution in [3.63, 3.8) is 0 Å². The van der Waals surface area contributed by atoms with E-state index in [-0.39, 0.29) is 12.2 Å². The quantitative estimate of drug-likeness (QED) is 0.800. The topological polar surface area (TPSA) is 41.9 Å². The number of amides is 1. The van der Waals surface area contributed by atoms with E-state index in [0.29, 0.717) is 0 Å². The van der Waals surface area contributed by atoms with E-state index in [9.17, 15) is 4.79 Å². The Balaban J connectivity index is 1.87. The van der Waals surface area contributed by atoms with Crippen LogP contribution in [0, 0.1) is 0 Å². The Hall–Kier alpha value is -2.62. The van der Waals surface area contributed by atoms with Crippen LogP contribution >= 0.6 is 0 Å². The molecule has 0 aromatic heterocycles. The minimum atomic E-state index is -0.361. The molecule has 0 N–H and O–H groups in total. The fraction of sp³-hybridized carbons (Fsp3) is 0.300. The Morgan fingerprint density at radius 3 is 2.12 bits per heavy atom. The Morgan fingerprint density at radius 2 is 1.58 bits per heavy atom. The number of para-hydroxylation sites is 2. The molecule has 24 heavy (non-hydrogen) atoms. The largest absolute Gasteiger partial charge is 0.439 e. The highest BCUT2D eigenvalue weighted by molar-refractivity contribution is 5.98. The standard InChI is InChI=1S/C20H22N2O2/c1-21-18-14-8-9-15-19(18)24-20(23)22(16-10-4-2-5-11-16)17-12-6-3-7-13-17/h2-7,10-13,19H,8-9,14-15H2,1H3. The van der Waals surface area contributed by atoms with Crippen LogP contribution < -0.4 is 4.90 Å². The molecule has 1 fully saturated rings. The highest BCUT2D eigenvalue weighted by atomic mass is 16.6. The van der Waals surface area contributed by atoms with Crippen molar-refractivity contribution in [2.45, 2.75) is 31.8 Å².